The minimum atomic E-state index is -0.641. The number of nitrogens with two attached hydrogens (primary N) is 1. The van der Waals surface area contributed by atoms with Crippen LogP contribution in [0.15, 0.2) is 83.3 Å². The van der Waals surface area contributed by atoms with Crippen LogP contribution in [0.4, 0.5) is 19.4 Å². The minimum absolute atomic E-state index is 0.233. The highest BCUT2D eigenvalue weighted by Crippen LogP contribution is 2.35. The number of carbonyl (C=O) groups excluding carboxylic acids is 1. The number of ether oxygens (including phenoxy) is 1. The highest BCUT2D eigenvalue weighted by Gasteiger charge is 2.24. The molecule has 1 atom stereocenters. The number of anilines is 1. The Labute approximate surface area is 234 Å². The number of rotatable bonds is 7. The average Bonchev–Trinajstić information content (AvgIpc) is 3.53. The van der Waals surface area contributed by atoms with Crippen LogP contribution in [-0.2, 0) is 4.74 Å². The predicted molar refractivity (Wildman–Crippen MR) is 152 cm³/mol. The number of urea groups is 1. The number of hydrogen-bond donors (Lipinski definition) is 2. The molecule has 1 fully saturated rings. The molecule has 5 rings (SSSR count). The summed E-state index contributed by atoms with van der Waals surface area (Å²) in [5, 5.41) is 7.23. The maximum atomic E-state index is 13.1. The number of hydrogen-bond acceptors (Lipinski definition) is 4. The molecule has 0 bridgehead atoms. The maximum absolute atomic E-state index is 13.1. The molecule has 1 aliphatic rings. The number of methoxy groups -OCH3 is 1. The number of halogens is 3. The summed E-state index contributed by atoms with van der Waals surface area (Å²) in [5.74, 6) is -0.250. The van der Waals surface area contributed by atoms with Crippen molar-refractivity contribution in [1.29, 1.82) is 0 Å². The zero-order valence-electron chi connectivity index (χ0n) is 21.5. The lowest BCUT2D eigenvalue weighted by Crippen LogP contribution is -2.24. The van der Waals surface area contributed by atoms with Gasteiger partial charge in [-0.05, 0) is 64.6 Å². The largest absolute Gasteiger partial charge is 0.383 e. The van der Waals surface area contributed by atoms with Gasteiger partial charge in [0.15, 0.2) is 5.82 Å². The first-order valence-electron chi connectivity index (χ1n) is 12.5. The molecule has 39 heavy (non-hydrogen) atoms. The van der Waals surface area contributed by atoms with Crippen LogP contribution in [0, 0.1) is 11.6 Å². The lowest BCUT2D eigenvalue weighted by Gasteiger charge is -2.15. The van der Waals surface area contributed by atoms with E-state index in [1.807, 2.05) is 60.7 Å². The van der Waals surface area contributed by atoms with Gasteiger partial charge in [0, 0.05) is 31.8 Å². The van der Waals surface area contributed by atoms with Gasteiger partial charge in [-0.15, -0.1) is 0 Å². The topological polar surface area (TPSA) is 85.4 Å². The van der Waals surface area contributed by atoms with E-state index in [9.17, 15) is 13.6 Å². The summed E-state index contributed by atoms with van der Waals surface area (Å²) in [6, 6.07) is 22.4. The molecule has 2 heterocycles. The molecule has 0 spiro atoms. The molecule has 2 amide bonds. The summed E-state index contributed by atoms with van der Waals surface area (Å²) in [7, 11) is 1.68. The van der Waals surface area contributed by atoms with Gasteiger partial charge in [-0.2, -0.15) is 5.10 Å². The van der Waals surface area contributed by atoms with Crippen molar-refractivity contribution in [3.05, 3.63) is 101 Å². The predicted octanol–water partition coefficient (Wildman–Crippen LogP) is 6.19. The first-order valence-corrected chi connectivity index (χ1v) is 13.3. The number of primary amides is 1. The number of carbonyl (C=O) groups is 1. The maximum Gasteiger partial charge on any atom is 0.317 e. The number of aromatic nitrogens is 2. The average molecular weight is 598 g/mol. The van der Waals surface area contributed by atoms with Crippen molar-refractivity contribution in [2.75, 3.05) is 38.7 Å². The fourth-order valence-corrected chi connectivity index (χ4v) is 5.07. The molecular formula is C29H30BrF2N5O2. The molecule has 0 aliphatic carbocycles. The minimum Gasteiger partial charge on any atom is -0.383 e. The van der Waals surface area contributed by atoms with Crippen LogP contribution >= 0.6 is 15.9 Å². The SMILES string of the molecule is COCCN1CCC(c2cc(F)cc(F)c2)C1.NC(=O)Nc1c(Br)c(-c2ccccc2)nn1-c1ccccc1. The Morgan fingerprint density at radius 2 is 1.72 bits per heavy atom. The third-order valence-corrected chi connectivity index (χ3v) is 7.11. The summed E-state index contributed by atoms with van der Waals surface area (Å²) in [6.45, 7) is 3.40. The van der Waals surface area contributed by atoms with Crippen LogP contribution in [0.5, 0.6) is 0 Å². The van der Waals surface area contributed by atoms with Gasteiger partial charge in [0.05, 0.1) is 16.8 Å². The number of amides is 2. The van der Waals surface area contributed by atoms with Crippen molar-refractivity contribution in [3.8, 4) is 16.9 Å². The number of likely N-dealkylation sites (tertiary alicyclic amines) is 1. The number of nitrogens with zero attached hydrogens (tertiary/aromatic N) is 3. The third-order valence-electron chi connectivity index (χ3n) is 6.36. The highest BCUT2D eigenvalue weighted by atomic mass is 79.9. The van der Waals surface area contributed by atoms with E-state index in [1.54, 1.807) is 11.8 Å². The molecule has 1 unspecified atom stereocenters. The van der Waals surface area contributed by atoms with E-state index in [0.29, 0.717) is 16.9 Å². The summed E-state index contributed by atoms with van der Waals surface area (Å²) < 4.78 is 33.6. The van der Waals surface area contributed by atoms with Crippen LogP contribution in [-0.4, -0.2) is 54.1 Å². The Morgan fingerprint density at radius 3 is 2.33 bits per heavy atom. The Bertz CT molecular complexity index is 1370. The normalized spacial score (nSPS) is 15.0. The quantitative estimate of drug-likeness (QED) is 0.266. The second-order valence-corrected chi connectivity index (χ2v) is 9.89. The summed E-state index contributed by atoms with van der Waals surface area (Å²) in [5.41, 5.74) is 8.54. The van der Waals surface area contributed by atoms with Crippen LogP contribution < -0.4 is 11.1 Å². The lowest BCUT2D eigenvalue weighted by molar-refractivity contribution is 0.160. The van der Waals surface area contributed by atoms with Crippen molar-refractivity contribution in [2.45, 2.75) is 12.3 Å². The van der Waals surface area contributed by atoms with Crippen LogP contribution in [0.3, 0.4) is 0 Å². The van der Waals surface area contributed by atoms with Gasteiger partial charge in [0.2, 0.25) is 0 Å². The Kier molecular flexibility index (Phi) is 9.80. The highest BCUT2D eigenvalue weighted by molar-refractivity contribution is 9.10. The second kappa shape index (κ2) is 13.5. The van der Waals surface area contributed by atoms with Gasteiger partial charge in [-0.1, -0.05) is 48.5 Å². The fourth-order valence-electron chi connectivity index (χ4n) is 4.50. The second-order valence-electron chi connectivity index (χ2n) is 9.10. The first-order chi connectivity index (χ1) is 18.9. The van der Waals surface area contributed by atoms with Gasteiger partial charge >= 0.3 is 6.03 Å². The Balaban J connectivity index is 0.000000187. The van der Waals surface area contributed by atoms with Gasteiger partial charge in [-0.25, -0.2) is 18.3 Å². The van der Waals surface area contributed by atoms with E-state index in [2.05, 4.69) is 31.2 Å². The van der Waals surface area contributed by atoms with Gasteiger partial charge in [0.1, 0.15) is 17.3 Å². The summed E-state index contributed by atoms with van der Waals surface area (Å²) >= 11 is 3.51. The molecule has 0 saturated carbocycles. The smallest absolute Gasteiger partial charge is 0.317 e. The number of nitrogens with one attached hydrogen (secondary N) is 1. The summed E-state index contributed by atoms with van der Waals surface area (Å²) in [6.07, 6.45) is 0.951. The molecule has 1 saturated heterocycles. The van der Waals surface area contributed by atoms with Crippen molar-refractivity contribution in [1.82, 2.24) is 14.7 Å². The molecule has 0 radical (unpaired) electrons. The van der Waals surface area contributed by atoms with E-state index in [1.165, 1.54) is 12.1 Å². The van der Waals surface area contributed by atoms with E-state index >= 15 is 0 Å². The van der Waals surface area contributed by atoms with E-state index < -0.39 is 17.7 Å². The zero-order valence-corrected chi connectivity index (χ0v) is 23.1. The fraction of sp³-hybridized carbons (Fsp3) is 0.241. The van der Waals surface area contributed by atoms with Crippen molar-refractivity contribution >= 4 is 27.8 Å². The van der Waals surface area contributed by atoms with Gasteiger partial charge in [0.25, 0.3) is 0 Å². The summed E-state index contributed by atoms with van der Waals surface area (Å²) in [4.78, 5) is 13.6. The first kappa shape index (κ1) is 28.4. The molecule has 3 aromatic carbocycles. The van der Waals surface area contributed by atoms with E-state index in [0.717, 1.165) is 54.6 Å². The zero-order chi connectivity index (χ0) is 27.8. The molecule has 3 N–H and O–H groups in total. The Hall–Kier alpha value is -3.60. The monoisotopic (exact) mass is 597 g/mol. The lowest BCUT2D eigenvalue weighted by atomic mass is 9.98. The molecule has 4 aromatic rings. The van der Waals surface area contributed by atoms with E-state index in [4.69, 9.17) is 10.5 Å². The van der Waals surface area contributed by atoms with Crippen LogP contribution in [0.25, 0.3) is 16.9 Å². The van der Waals surface area contributed by atoms with Crippen LogP contribution in [0.1, 0.15) is 17.9 Å². The Morgan fingerprint density at radius 1 is 1.08 bits per heavy atom. The van der Waals surface area contributed by atoms with Crippen LogP contribution in [0.2, 0.25) is 0 Å². The number of benzene rings is 3. The molecule has 1 aromatic heterocycles. The molecule has 10 heteroatoms. The molecule has 204 valence electrons. The van der Waals surface area contributed by atoms with Gasteiger partial charge in [-0.3, -0.25) is 5.32 Å². The van der Waals surface area contributed by atoms with Crippen molar-refractivity contribution in [3.63, 3.8) is 0 Å². The number of para-hydroxylation sites is 1. The van der Waals surface area contributed by atoms with Gasteiger partial charge < -0.3 is 15.4 Å². The standard InChI is InChI=1S/C16H13BrN4O.C13H17F2NO/c17-13-14(11-7-3-1-4-8-11)20-21(15(13)19-16(18)22)12-9-5-2-6-10-12;1-17-5-4-16-3-2-10(9-16)11-6-12(14)8-13(15)7-11/h1-10H,(H3,18,19,22);6-8,10H,2-5,9H2,1H3. The molecule has 7 nitrogen and oxygen atoms in total. The molecule has 1 aliphatic heterocycles. The third kappa shape index (κ3) is 7.50. The molecular weight excluding hydrogens is 568 g/mol. The van der Waals surface area contributed by atoms with Crippen molar-refractivity contribution in [2.24, 2.45) is 5.73 Å². The van der Waals surface area contributed by atoms with E-state index in [-0.39, 0.29) is 5.92 Å². The van der Waals surface area contributed by atoms with Crippen molar-refractivity contribution < 1.29 is 18.3 Å².